The molecule has 0 amide bonds. The normalized spacial score (nSPS) is 14.4. The van der Waals surface area contributed by atoms with Gasteiger partial charge in [-0.15, -0.1) is 49.4 Å². The van der Waals surface area contributed by atoms with Crippen molar-refractivity contribution < 1.29 is 0 Å². The summed E-state index contributed by atoms with van der Waals surface area (Å²) in [7, 11) is 0. The van der Waals surface area contributed by atoms with E-state index in [1.54, 1.807) is 0 Å². The van der Waals surface area contributed by atoms with Gasteiger partial charge in [0, 0.05) is 25.2 Å². The van der Waals surface area contributed by atoms with E-state index in [0.717, 1.165) is 25.7 Å². The molecule has 0 rings (SSSR count). The molecule has 0 heterocycles. The van der Waals surface area contributed by atoms with Crippen molar-refractivity contribution in [3.63, 3.8) is 0 Å². The lowest BCUT2D eigenvalue weighted by atomic mass is 9.68. The number of unbranched alkanes of at least 4 members (excludes halogenated alkanes) is 1. The third-order valence-corrected chi connectivity index (χ3v) is 3.39. The summed E-state index contributed by atoms with van der Waals surface area (Å²) in [5.41, 5.74) is -0.0489. The van der Waals surface area contributed by atoms with E-state index < -0.39 is 0 Å². The maximum atomic E-state index is 5.55. The first-order chi connectivity index (χ1) is 8.16. The summed E-state index contributed by atoms with van der Waals surface area (Å²) in [6.45, 7) is 2.05. The van der Waals surface area contributed by atoms with Gasteiger partial charge in [-0.2, -0.15) is 0 Å². The summed E-state index contributed by atoms with van der Waals surface area (Å²) in [6, 6.07) is 0. The van der Waals surface area contributed by atoms with E-state index in [-0.39, 0.29) is 11.3 Å². The predicted molar refractivity (Wildman–Crippen MR) is 74.6 cm³/mol. The van der Waals surface area contributed by atoms with Crippen molar-refractivity contribution in [2.45, 2.75) is 45.4 Å². The molecule has 0 aliphatic carbocycles. The van der Waals surface area contributed by atoms with E-state index in [0.29, 0.717) is 12.8 Å². The van der Waals surface area contributed by atoms with E-state index in [2.05, 4.69) is 23.7 Å². The number of hydrogen-bond acceptors (Lipinski definition) is 0. The Labute approximate surface area is 107 Å². The molecular formula is C17H20. The zero-order valence-electron chi connectivity index (χ0n) is 10.6. The Hall–Kier alpha value is -1.76. The quantitative estimate of drug-likeness (QED) is 0.459. The average Bonchev–Trinajstić information content (AvgIpc) is 2.35. The van der Waals surface area contributed by atoms with Gasteiger partial charge in [0.05, 0.1) is 0 Å². The molecule has 0 fully saturated rings. The highest BCUT2D eigenvalue weighted by Gasteiger charge is 2.33. The summed E-state index contributed by atoms with van der Waals surface area (Å²) in [4.78, 5) is 0. The van der Waals surface area contributed by atoms with E-state index in [4.69, 9.17) is 25.7 Å². The number of hydrogen-bond donors (Lipinski definition) is 0. The third kappa shape index (κ3) is 4.73. The van der Waals surface area contributed by atoms with E-state index in [1.165, 1.54) is 0 Å². The zero-order chi connectivity index (χ0) is 13.1. The molecule has 88 valence electrons. The highest BCUT2D eigenvalue weighted by atomic mass is 14.4. The molecule has 0 saturated heterocycles. The molecule has 2 atom stereocenters. The van der Waals surface area contributed by atoms with Crippen LogP contribution in [0.15, 0.2) is 0 Å². The van der Waals surface area contributed by atoms with Crippen molar-refractivity contribution in [1.82, 2.24) is 0 Å². The van der Waals surface area contributed by atoms with Crippen molar-refractivity contribution in [3.05, 3.63) is 0 Å². The Morgan fingerprint density at radius 1 is 0.941 bits per heavy atom. The average molecular weight is 224 g/mol. The topological polar surface area (TPSA) is 0 Å². The van der Waals surface area contributed by atoms with Gasteiger partial charge in [0.1, 0.15) is 0 Å². The zero-order valence-corrected chi connectivity index (χ0v) is 10.6. The van der Waals surface area contributed by atoms with Gasteiger partial charge >= 0.3 is 0 Å². The molecule has 0 aromatic heterocycles. The molecule has 0 aliphatic heterocycles. The molecule has 2 unspecified atom stereocenters. The van der Waals surface area contributed by atoms with Crippen molar-refractivity contribution in [2.75, 3.05) is 0 Å². The Morgan fingerprint density at radius 3 is 2.06 bits per heavy atom. The fraction of sp³-hybridized carbons (Fsp3) is 0.529. The van der Waals surface area contributed by atoms with Gasteiger partial charge in [0.25, 0.3) is 0 Å². The first-order valence-electron chi connectivity index (χ1n) is 5.93. The van der Waals surface area contributed by atoms with Gasteiger partial charge in [0.15, 0.2) is 0 Å². The summed E-state index contributed by atoms with van der Waals surface area (Å²) in [6.07, 6.45) is 26.6. The molecule has 0 nitrogen and oxygen atoms in total. The van der Waals surface area contributed by atoms with Crippen molar-refractivity contribution in [2.24, 2.45) is 11.3 Å². The fourth-order valence-electron chi connectivity index (χ4n) is 2.13. The van der Waals surface area contributed by atoms with Crippen LogP contribution < -0.4 is 0 Å². The van der Waals surface area contributed by atoms with Gasteiger partial charge < -0.3 is 0 Å². The van der Waals surface area contributed by atoms with Crippen molar-refractivity contribution in [3.8, 4) is 49.4 Å². The van der Waals surface area contributed by atoms with Gasteiger partial charge in [-0.3, -0.25) is 0 Å². The first kappa shape index (κ1) is 15.2. The molecule has 0 spiro atoms. The van der Waals surface area contributed by atoms with Gasteiger partial charge in [0.2, 0.25) is 0 Å². The molecule has 0 heteroatoms. The Bertz CT molecular complexity index is 374. The largest absolute Gasteiger partial charge is 0.120 e. The van der Waals surface area contributed by atoms with Gasteiger partial charge in [-0.1, -0.05) is 6.92 Å². The van der Waals surface area contributed by atoms with Crippen LogP contribution in [0.5, 0.6) is 0 Å². The maximum absolute atomic E-state index is 5.55. The van der Waals surface area contributed by atoms with Crippen molar-refractivity contribution in [1.29, 1.82) is 0 Å². The Balaban J connectivity index is 4.85. The molecule has 0 saturated carbocycles. The summed E-state index contributed by atoms with van der Waals surface area (Å²) in [5.74, 6) is 11.0. The maximum Gasteiger partial charge on any atom is 0.0237 e. The minimum absolute atomic E-state index is 0.0489. The standard InChI is InChI=1S/C17H20/c1-6-10-12-15-17(13-8-3,14-11-7-2)16(5)9-4/h1-4,16H,10-15H2,5H3. The number of rotatable bonds is 7. The summed E-state index contributed by atoms with van der Waals surface area (Å²) < 4.78 is 0. The number of terminal acetylenes is 4. The van der Waals surface area contributed by atoms with E-state index in [9.17, 15) is 0 Å². The molecule has 0 aromatic carbocycles. The second kappa shape index (κ2) is 8.40. The van der Waals surface area contributed by atoms with E-state index >= 15 is 0 Å². The molecule has 0 N–H and O–H groups in total. The second-order valence-electron chi connectivity index (χ2n) is 4.39. The van der Waals surface area contributed by atoms with Gasteiger partial charge in [-0.25, -0.2) is 0 Å². The molecule has 17 heavy (non-hydrogen) atoms. The molecule has 0 radical (unpaired) electrons. The first-order valence-corrected chi connectivity index (χ1v) is 5.93. The van der Waals surface area contributed by atoms with Crippen LogP contribution in [-0.4, -0.2) is 0 Å². The SMILES string of the molecule is C#CCCCC(CC#C)(CCC#C)C(C)C#C. The van der Waals surface area contributed by atoms with Crippen LogP contribution in [0, 0.1) is 60.7 Å². The minimum atomic E-state index is -0.0489. The lowest BCUT2D eigenvalue weighted by molar-refractivity contribution is 0.185. The molecule has 0 aromatic rings. The van der Waals surface area contributed by atoms with Crippen LogP contribution in [0.1, 0.15) is 45.4 Å². The summed E-state index contributed by atoms with van der Waals surface area (Å²) in [5, 5.41) is 0. The van der Waals surface area contributed by atoms with Crippen molar-refractivity contribution >= 4 is 0 Å². The highest BCUT2D eigenvalue weighted by molar-refractivity contribution is 5.07. The van der Waals surface area contributed by atoms with E-state index in [1.807, 2.05) is 6.92 Å². The van der Waals surface area contributed by atoms with Crippen LogP contribution in [0.4, 0.5) is 0 Å². The lowest BCUT2D eigenvalue weighted by Crippen LogP contribution is -2.28. The van der Waals surface area contributed by atoms with Crippen LogP contribution in [0.2, 0.25) is 0 Å². The monoisotopic (exact) mass is 224 g/mol. The second-order valence-corrected chi connectivity index (χ2v) is 4.39. The van der Waals surface area contributed by atoms with Crippen LogP contribution in [0.25, 0.3) is 0 Å². The predicted octanol–water partition coefficient (Wildman–Crippen LogP) is 3.48. The Morgan fingerprint density at radius 2 is 1.59 bits per heavy atom. The third-order valence-electron chi connectivity index (χ3n) is 3.39. The van der Waals surface area contributed by atoms with Crippen LogP contribution >= 0.6 is 0 Å². The van der Waals surface area contributed by atoms with Crippen LogP contribution in [0.3, 0.4) is 0 Å². The fourth-order valence-corrected chi connectivity index (χ4v) is 2.13. The molecule has 0 aliphatic rings. The molecular weight excluding hydrogens is 204 g/mol. The summed E-state index contributed by atoms with van der Waals surface area (Å²) >= 11 is 0. The molecule has 0 bridgehead atoms. The lowest BCUT2D eigenvalue weighted by Gasteiger charge is -2.35. The van der Waals surface area contributed by atoms with Crippen LogP contribution in [-0.2, 0) is 0 Å². The highest BCUT2D eigenvalue weighted by Crippen LogP contribution is 2.41. The minimum Gasteiger partial charge on any atom is -0.120 e. The smallest absolute Gasteiger partial charge is 0.0237 e. The van der Waals surface area contributed by atoms with Gasteiger partial charge in [-0.05, 0) is 24.7 Å². The Kier molecular flexibility index (Phi) is 7.53.